The van der Waals surface area contributed by atoms with E-state index in [4.69, 9.17) is 0 Å². The largest absolute Gasteiger partial charge is 0.354 e. The average Bonchev–Trinajstić information content (AvgIpc) is 2.94. The number of piperazine rings is 1. The quantitative estimate of drug-likeness (QED) is 0.826. The summed E-state index contributed by atoms with van der Waals surface area (Å²) < 4.78 is 0. The van der Waals surface area contributed by atoms with Crippen molar-refractivity contribution in [1.29, 1.82) is 0 Å². The van der Waals surface area contributed by atoms with E-state index in [1.165, 1.54) is 17.7 Å². The van der Waals surface area contributed by atoms with Gasteiger partial charge in [0.05, 0.1) is 0 Å². The molecule has 0 aliphatic carbocycles. The van der Waals surface area contributed by atoms with Crippen LogP contribution in [0.15, 0.2) is 23.3 Å². The van der Waals surface area contributed by atoms with Crippen molar-refractivity contribution >= 4 is 11.5 Å². The molecule has 17 heavy (non-hydrogen) atoms. The molecule has 0 bridgehead atoms. The molecule has 0 atom stereocenters. The van der Waals surface area contributed by atoms with Crippen molar-refractivity contribution in [3.63, 3.8) is 0 Å². The first-order valence-electron chi connectivity index (χ1n) is 6.39. The molecule has 2 aliphatic rings. The van der Waals surface area contributed by atoms with Crippen LogP contribution in [0.25, 0.3) is 0 Å². The number of anilines is 1. The van der Waals surface area contributed by atoms with Crippen molar-refractivity contribution in [2.45, 2.75) is 12.8 Å². The molecule has 90 valence electrons. The van der Waals surface area contributed by atoms with Crippen molar-refractivity contribution in [2.75, 3.05) is 37.6 Å². The molecule has 1 fully saturated rings. The van der Waals surface area contributed by atoms with Gasteiger partial charge in [0.1, 0.15) is 5.82 Å². The third-order valence-corrected chi connectivity index (χ3v) is 3.39. The molecule has 2 aliphatic heterocycles. The molecule has 1 aromatic heterocycles. The van der Waals surface area contributed by atoms with Crippen molar-refractivity contribution in [1.82, 2.24) is 10.3 Å². The van der Waals surface area contributed by atoms with E-state index in [1.54, 1.807) is 0 Å². The smallest absolute Gasteiger partial charge is 0.137 e. The second kappa shape index (κ2) is 4.84. The minimum absolute atomic E-state index is 0.977. The summed E-state index contributed by atoms with van der Waals surface area (Å²) in [6.07, 6.45) is 4.17. The predicted molar refractivity (Wildman–Crippen MR) is 70.0 cm³/mol. The number of hydrogen-bond donors (Lipinski definition) is 1. The van der Waals surface area contributed by atoms with Crippen molar-refractivity contribution in [2.24, 2.45) is 4.99 Å². The summed E-state index contributed by atoms with van der Waals surface area (Å²) in [6, 6.07) is 4.18. The third-order valence-electron chi connectivity index (χ3n) is 3.39. The van der Waals surface area contributed by atoms with Crippen LogP contribution >= 0.6 is 0 Å². The standard InChI is InChI=1S/C13H18N4/c1-3-11(12-4-2-5-15-12)13(16-6-1)17-9-7-14-8-10-17/h1,3,6,14H,2,4-5,7-10H2. The molecule has 0 unspecified atom stereocenters. The highest BCUT2D eigenvalue weighted by molar-refractivity contribution is 6.05. The number of nitrogens with zero attached hydrogens (tertiary/aromatic N) is 3. The third kappa shape index (κ3) is 2.17. The van der Waals surface area contributed by atoms with Crippen molar-refractivity contribution < 1.29 is 0 Å². The number of rotatable bonds is 2. The molecule has 0 amide bonds. The summed E-state index contributed by atoms with van der Waals surface area (Å²) in [7, 11) is 0. The molecule has 0 spiro atoms. The Morgan fingerprint density at radius 3 is 2.88 bits per heavy atom. The molecule has 0 saturated carbocycles. The minimum Gasteiger partial charge on any atom is -0.354 e. The SMILES string of the molecule is c1cnc(N2CCNCC2)c(C2=NCCC2)c1. The maximum atomic E-state index is 4.60. The number of aliphatic imine (C=N–C) groups is 1. The van der Waals surface area contributed by atoms with Crippen molar-refractivity contribution in [3.05, 3.63) is 23.9 Å². The molecule has 0 aromatic carbocycles. The summed E-state index contributed by atoms with van der Waals surface area (Å²) in [6.45, 7) is 5.14. The van der Waals surface area contributed by atoms with Gasteiger partial charge in [0, 0.05) is 50.2 Å². The Labute approximate surface area is 102 Å². The highest BCUT2D eigenvalue weighted by Crippen LogP contribution is 2.22. The zero-order valence-electron chi connectivity index (χ0n) is 10.0. The first-order valence-corrected chi connectivity index (χ1v) is 6.39. The molecule has 4 heteroatoms. The molecule has 1 N–H and O–H groups in total. The van der Waals surface area contributed by atoms with Crippen molar-refractivity contribution in [3.8, 4) is 0 Å². The van der Waals surface area contributed by atoms with Gasteiger partial charge in [-0.1, -0.05) is 0 Å². The van der Waals surface area contributed by atoms with Gasteiger partial charge in [0.25, 0.3) is 0 Å². The Morgan fingerprint density at radius 1 is 1.24 bits per heavy atom. The number of aromatic nitrogens is 1. The van der Waals surface area contributed by atoms with E-state index in [0.29, 0.717) is 0 Å². The second-order valence-electron chi connectivity index (χ2n) is 4.54. The Hall–Kier alpha value is -1.42. The van der Waals surface area contributed by atoms with E-state index in [9.17, 15) is 0 Å². The van der Waals surface area contributed by atoms with Gasteiger partial charge in [-0.15, -0.1) is 0 Å². The Balaban J connectivity index is 1.92. The number of pyridine rings is 1. The van der Waals surface area contributed by atoms with E-state index in [-0.39, 0.29) is 0 Å². The van der Waals surface area contributed by atoms with Gasteiger partial charge in [-0.25, -0.2) is 4.98 Å². The fourth-order valence-electron chi connectivity index (χ4n) is 2.51. The topological polar surface area (TPSA) is 40.5 Å². The molecule has 3 rings (SSSR count). The molecule has 1 aromatic rings. The first-order chi connectivity index (χ1) is 8.45. The Morgan fingerprint density at radius 2 is 2.12 bits per heavy atom. The van der Waals surface area contributed by atoms with Gasteiger partial charge in [-0.2, -0.15) is 0 Å². The van der Waals surface area contributed by atoms with Gasteiger partial charge >= 0.3 is 0 Å². The maximum Gasteiger partial charge on any atom is 0.137 e. The van der Waals surface area contributed by atoms with Crippen LogP contribution in [0, 0.1) is 0 Å². The van der Waals surface area contributed by atoms with Gasteiger partial charge in [0.2, 0.25) is 0 Å². The normalized spacial score (nSPS) is 20.5. The number of nitrogens with one attached hydrogen (secondary N) is 1. The first kappa shape index (κ1) is 10.7. The molecule has 0 radical (unpaired) electrons. The zero-order valence-corrected chi connectivity index (χ0v) is 10.0. The fourth-order valence-corrected chi connectivity index (χ4v) is 2.51. The average molecular weight is 230 g/mol. The highest BCUT2D eigenvalue weighted by Gasteiger charge is 2.19. The van der Waals surface area contributed by atoms with Gasteiger partial charge in [-0.3, -0.25) is 4.99 Å². The van der Waals surface area contributed by atoms with Crippen LogP contribution in [0.5, 0.6) is 0 Å². The van der Waals surface area contributed by atoms with E-state index >= 15 is 0 Å². The summed E-state index contributed by atoms with van der Waals surface area (Å²) in [4.78, 5) is 11.5. The van der Waals surface area contributed by atoms with E-state index in [0.717, 1.165) is 45.0 Å². The summed E-state index contributed by atoms with van der Waals surface area (Å²) >= 11 is 0. The van der Waals surface area contributed by atoms with Gasteiger partial charge < -0.3 is 10.2 Å². The van der Waals surface area contributed by atoms with Crippen LogP contribution in [0.2, 0.25) is 0 Å². The Kier molecular flexibility index (Phi) is 3.05. The predicted octanol–water partition coefficient (Wildman–Crippen LogP) is 1.07. The lowest BCUT2D eigenvalue weighted by Gasteiger charge is -2.29. The zero-order chi connectivity index (χ0) is 11.5. The monoisotopic (exact) mass is 230 g/mol. The maximum absolute atomic E-state index is 4.60. The number of hydrogen-bond acceptors (Lipinski definition) is 4. The molecular formula is C13H18N4. The van der Waals surface area contributed by atoms with Crippen LogP contribution in [0.1, 0.15) is 18.4 Å². The molecule has 3 heterocycles. The van der Waals surface area contributed by atoms with Gasteiger partial charge in [-0.05, 0) is 25.0 Å². The summed E-state index contributed by atoms with van der Waals surface area (Å²) in [5.74, 6) is 1.12. The van der Waals surface area contributed by atoms with Crippen LogP contribution in [-0.4, -0.2) is 43.4 Å². The summed E-state index contributed by atoms with van der Waals surface area (Å²) in [5, 5.41) is 3.37. The highest BCUT2D eigenvalue weighted by atomic mass is 15.2. The Bertz CT molecular complexity index is 421. The lowest BCUT2D eigenvalue weighted by molar-refractivity contribution is 0.584. The minimum atomic E-state index is 0.977. The molecular weight excluding hydrogens is 212 g/mol. The van der Waals surface area contributed by atoms with E-state index in [2.05, 4.69) is 26.3 Å². The van der Waals surface area contributed by atoms with E-state index in [1.807, 2.05) is 12.3 Å². The van der Waals surface area contributed by atoms with Crippen LogP contribution in [-0.2, 0) is 0 Å². The second-order valence-corrected chi connectivity index (χ2v) is 4.54. The molecule has 4 nitrogen and oxygen atoms in total. The fraction of sp³-hybridized carbons (Fsp3) is 0.538. The van der Waals surface area contributed by atoms with Crippen LogP contribution in [0.3, 0.4) is 0 Å². The summed E-state index contributed by atoms with van der Waals surface area (Å²) in [5.41, 5.74) is 2.48. The van der Waals surface area contributed by atoms with E-state index < -0.39 is 0 Å². The van der Waals surface area contributed by atoms with Crippen LogP contribution < -0.4 is 10.2 Å². The lowest BCUT2D eigenvalue weighted by Crippen LogP contribution is -2.44. The molecule has 1 saturated heterocycles. The van der Waals surface area contributed by atoms with Gasteiger partial charge in [0.15, 0.2) is 0 Å². The van der Waals surface area contributed by atoms with Crippen LogP contribution in [0.4, 0.5) is 5.82 Å². The lowest BCUT2D eigenvalue weighted by atomic mass is 10.1.